The van der Waals surface area contributed by atoms with E-state index in [1.807, 2.05) is 37.8 Å². The molecule has 3 aliphatic heterocycles. The van der Waals surface area contributed by atoms with Gasteiger partial charge in [0, 0.05) is 73.4 Å². The maximum atomic E-state index is 13.5. The Kier molecular flexibility index (Phi) is 10.7. The van der Waals surface area contributed by atoms with E-state index in [1.165, 1.54) is 4.90 Å². The van der Waals surface area contributed by atoms with Crippen molar-refractivity contribution >= 4 is 41.1 Å². The van der Waals surface area contributed by atoms with Crippen LogP contribution in [-0.4, -0.2) is 108 Å². The van der Waals surface area contributed by atoms with Crippen LogP contribution >= 0.6 is 23.2 Å². The van der Waals surface area contributed by atoms with Crippen molar-refractivity contribution in [3.05, 3.63) is 57.6 Å². The smallest absolute Gasteiger partial charge is 0.410 e. The fraction of sp³-hybridized carbons (Fsp3) is 0.559. The van der Waals surface area contributed by atoms with Crippen molar-refractivity contribution in [2.75, 3.05) is 52.4 Å². The van der Waals surface area contributed by atoms with Gasteiger partial charge in [-0.3, -0.25) is 14.5 Å². The molecule has 0 radical (unpaired) electrons. The summed E-state index contributed by atoms with van der Waals surface area (Å²) >= 11 is 13.5. The third kappa shape index (κ3) is 8.91. The van der Waals surface area contributed by atoms with Gasteiger partial charge in [0.1, 0.15) is 5.60 Å². The number of ether oxygens (including phenoxy) is 1. The molecule has 3 heterocycles. The van der Waals surface area contributed by atoms with Crippen LogP contribution in [0.25, 0.3) is 11.1 Å². The summed E-state index contributed by atoms with van der Waals surface area (Å²) in [7, 11) is 0. The molecule has 1 atom stereocenters. The summed E-state index contributed by atoms with van der Waals surface area (Å²) in [5.74, 6) is -0.377. The van der Waals surface area contributed by atoms with Gasteiger partial charge >= 0.3 is 12.3 Å². The first-order valence-electron chi connectivity index (χ1n) is 16.0. The highest BCUT2D eigenvalue weighted by Gasteiger charge is 2.39. The number of alkyl halides is 3. The highest BCUT2D eigenvalue weighted by Crippen LogP contribution is 2.36. The summed E-state index contributed by atoms with van der Waals surface area (Å²) in [6.07, 6.45) is -2.04. The molecule has 1 unspecified atom stereocenters. The molecule has 5 rings (SSSR count). The van der Waals surface area contributed by atoms with E-state index in [1.54, 1.807) is 34.1 Å². The molecule has 256 valence electrons. The monoisotopic (exact) mass is 696 g/mol. The van der Waals surface area contributed by atoms with Gasteiger partial charge in [-0.1, -0.05) is 35.3 Å². The zero-order valence-corrected chi connectivity index (χ0v) is 28.4. The highest BCUT2D eigenvalue weighted by atomic mass is 35.5. The summed E-state index contributed by atoms with van der Waals surface area (Å²) in [5, 5.41) is 0.919. The predicted octanol–water partition coefficient (Wildman–Crippen LogP) is 6.77. The number of amides is 3. The van der Waals surface area contributed by atoms with Crippen LogP contribution in [0.1, 0.15) is 56.0 Å². The minimum absolute atomic E-state index is 0.0772. The average molecular weight is 698 g/mol. The molecule has 0 aliphatic carbocycles. The second-order valence-electron chi connectivity index (χ2n) is 13.6. The van der Waals surface area contributed by atoms with Crippen molar-refractivity contribution in [3.8, 4) is 11.1 Å². The molecule has 47 heavy (non-hydrogen) atoms. The van der Waals surface area contributed by atoms with E-state index in [0.29, 0.717) is 66.5 Å². The van der Waals surface area contributed by atoms with Gasteiger partial charge in [-0.15, -0.1) is 0 Å². The van der Waals surface area contributed by atoms with Crippen molar-refractivity contribution in [1.29, 1.82) is 0 Å². The molecule has 0 N–H and O–H groups in total. The second-order valence-corrected chi connectivity index (χ2v) is 14.4. The van der Waals surface area contributed by atoms with Crippen LogP contribution in [0.5, 0.6) is 0 Å². The quantitative estimate of drug-likeness (QED) is 0.333. The van der Waals surface area contributed by atoms with Crippen LogP contribution in [0, 0.1) is 5.92 Å². The Morgan fingerprint density at radius 3 is 1.98 bits per heavy atom. The van der Waals surface area contributed by atoms with Gasteiger partial charge in [0.05, 0.1) is 6.54 Å². The largest absolute Gasteiger partial charge is 0.444 e. The summed E-state index contributed by atoms with van der Waals surface area (Å²) in [6, 6.07) is 10.7. The number of likely N-dealkylation sites (tertiary alicyclic amines) is 2. The highest BCUT2D eigenvalue weighted by molar-refractivity contribution is 6.36. The molecule has 0 aromatic heterocycles. The van der Waals surface area contributed by atoms with Gasteiger partial charge in [0.2, 0.25) is 5.91 Å². The number of benzene rings is 2. The van der Waals surface area contributed by atoms with Crippen LogP contribution < -0.4 is 0 Å². The number of piperidine rings is 1. The number of carbonyl (C=O) groups excluding carboxylic acids is 3. The first-order chi connectivity index (χ1) is 22.1. The molecule has 0 saturated carbocycles. The Morgan fingerprint density at radius 1 is 0.830 bits per heavy atom. The third-order valence-electron chi connectivity index (χ3n) is 9.03. The van der Waals surface area contributed by atoms with Crippen molar-refractivity contribution < 1.29 is 32.3 Å². The molecule has 0 spiro atoms. The predicted molar refractivity (Wildman–Crippen MR) is 175 cm³/mol. The Morgan fingerprint density at radius 2 is 1.43 bits per heavy atom. The van der Waals surface area contributed by atoms with Crippen molar-refractivity contribution in [3.63, 3.8) is 0 Å². The normalized spacial score (nSPS) is 20.2. The van der Waals surface area contributed by atoms with Crippen LogP contribution in [-0.2, 0) is 16.0 Å². The van der Waals surface area contributed by atoms with E-state index < -0.39 is 18.3 Å². The van der Waals surface area contributed by atoms with Crippen LogP contribution in [0.4, 0.5) is 18.0 Å². The lowest BCUT2D eigenvalue weighted by atomic mass is 9.95. The molecule has 0 bridgehead atoms. The first kappa shape index (κ1) is 35.3. The van der Waals surface area contributed by atoms with Crippen LogP contribution in [0.15, 0.2) is 36.4 Å². The van der Waals surface area contributed by atoms with Crippen molar-refractivity contribution in [1.82, 2.24) is 19.6 Å². The first-order valence-corrected chi connectivity index (χ1v) is 16.8. The van der Waals surface area contributed by atoms with E-state index >= 15 is 0 Å². The van der Waals surface area contributed by atoms with E-state index in [2.05, 4.69) is 0 Å². The van der Waals surface area contributed by atoms with Crippen molar-refractivity contribution in [2.45, 2.75) is 64.3 Å². The zero-order chi connectivity index (χ0) is 34.1. The average Bonchev–Trinajstić information content (AvgIpc) is 3.37. The molecule has 13 heteroatoms. The second kappa shape index (κ2) is 14.2. The van der Waals surface area contributed by atoms with Gasteiger partial charge in [0.15, 0.2) is 0 Å². The summed E-state index contributed by atoms with van der Waals surface area (Å²) in [4.78, 5) is 45.4. The van der Waals surface area contributed by atoms with Gasteiger partial charge in [-0.2, -0.15) is 13.2 Å². The van der Waals surface area contributed by atoms with Gasteiger partial charge < -0.3 is 19.4 Å². The van der Waals surface area contributed by atoms with Gasteiger partial charge in [-0.05, 0) is 87.4 Å². The zero-order valence-electron chi connectivity index (χ0n) is 26.9. The molecule has 3 amide bonds. The fourth-order valence-corrected chi connectivity index (χ4v) is 7.20. The number of halogens is 5. The van der Waals surface area contributed by atoms with Crippen LogP contribution in [0.2, 0.25) is 10.0 Å². The molecule has 3 aliphatic rings. The van der Waals surface area contributed by atoms with E-state index in [0.717, 1.165) is 11.1 Å². The number of rotatable bonds is 6. The number of carbonyl (C=O) groups is 3. The number of nitrogens with zero attached hydrogens (tertiary/aromatic N) is 4. The lowest BCUT2D eigenvalue weighted by Gasteiger charge is -2.37. The Balaban J connectivity index is 1.16. The molecule has 8 nitrogen and oxygen atoms in total. The number of hydrogen-bond acceptors (Lipinski definition) is 5. The molecule has 3 fully saturated rings. The number of hydrogen-bond donors (Lipinski definition) is 0. The lowest BCUT2D eigenvalue weighted by Crippen LogP contribution is -2.50. The molecular weight excluding hydrogens is 656 g/mol. The Bertz CT molecular complexity index is 1440. The Labute approximate surface area is 283 Å². The van der Waals surface area contributed by atoms with E-state index in [9.17, 15) is 27.6 Å². The Hall–Kier alpha value is -3.02. The lowest BCUT2D eigenvalue weighted by molar-refractivity contribution is -0.148. The minimum Gasteiger partial charge on any atom is -0.444 e. The molecule has 2 aromatic carbocycles. The SMILES string of the molecule is CC(C)(C)OC(=O)N1CCC(N2CCC(Cc3c(Cl)cc(-c4ccc(C(=O)N5CCN(CC(F)(F)F)CC5)cc4)cc3Cl)C2=O)CC1. The topological polar surface area (TPSA) is 73.4 Å². The van der Waals surface area contributed by atoms with Crippen molar-refractivity contribution in [2.24, 2.45) is 5.92 Å². The molecule has 3 saturated heterocycles. The molecular formula is C34H41Cl2F3N4O4. The summed E-state index contributed by atoms with van der Waals surface area (Å²) in [6.45, 7) is 7.12. The maximum Gasteiger partial charge on any atom is 0.410 e. The fourth-order valence-electron chi connectivity index (χ4n) is 6.56. The third-order valence-corrected chi connectivity index (χ3v) is 9.70. The van der Waals surface area contributed by atoms with Gasteiger partial charge in [-0.25, -0.2) is 4.79 Å². The van der Waals surface area contributed by atoms with Gasteiger partial charge in [0.25, 0.3) is 5.91 Å². The van der Waals surface area contributed by atoms with E-state index in [4.69, 9.17) is 27.9 Å². The number of piperazine rings is 1. The van der Waals surface area contributed by atoms with Crippen LogP contribution in [0.3, 0.4) is 0 Å². The standard InChI is InChI=1S/C34H41Cl2F3N4O4/c1-33(2,3)47-32(46)42-11-9-26(10-12-42)43-13-8-24(31(43)45)18-27-28(35)19-25(20-29(27)36)22-4-6-23(7-5-22)30(44)41-16-14-40(15-17-41)21-34(37,38)39/h4-7,19-20,24,26H,8-18,21H2,1-3H3. The maximum absolute atomic E-state index is 13.5. The summed E-state index contributed by atoms with van der Waals surface area (Å²) < 4.78 is 43.6. The summed E-state index contributed by atoms with van der Waals surface area (Å²) in [5.41, 5.74) is 2.18. The van der Waals surface area contributed by atoms with E-state index in [-0.39, 0.29) is 56.0 Å². The molecule has 2 aromatic rings. The minimum atomic E-state index is -4.26.